The van der Waals surface area contributed by atoms with Gasteiger partial charge >= 0.3 is 0 Å². The molecular formula is C18H27N3O. The van der Waals surface area contributed by atoms with Crippen LogP contribution in [-0.4, -0.2) is 31.1 Å². The van der Waals surface area contributed by atoms with Crippen molar-refractivity contribution in [3.63, 3.8) is 0 Å². The van der Waals surface area contributed by atoms with Crippen LogP contribution in [0.2, 0.25) is 0 Å². The first-order chi connectivity index (χ1) is 10.6. The predicted octanol–water partition coefficient (Wildman–Crippen LogP) is 2.07. The molecule has 22 heavy (non-hydrogen) atoms. The highest BCUT2D eigenvalue weighted by molar-refractivity contribution is 5.82. The van der Waals surface area contributed by atoms with Crippen molar-refractivity contribution >= 4 is 11.6 Å². The highest BCUT2D eigenvalue weighted by Crippen LogP contribution is 2.26. The summed E-state index contributed by atoms with van der Waals surface area (Å²) >= 11 is 0. The lowest BCUT2D eigenvalue weighted by Gasteiger charge is -2.35. The average molecular weight is 301 g/mol. The van der Waals surface area contributed by atoms with Gasteiger partial charge in [-0.2, -0.15) is 0 Å². The monoisotopic (exact) mass is 301 g/mol. The molecule has 1 aliphatic heterocycles. The quantitative estimate of drug-likeness (QED) is 0.898. The molecule has 0 radical (unpaired) electrons. The van der Waals surface area contributed by atoms with Crippen LogP contribution in [0, 0.1) is 5.92 Å². The summed E-state index contributed by atoms with van der Waals surface area (Å²) in [7, 11) is 0. The van der Waals surface area contributed by atoms with Gasteiger partial charge in [-0.25, -0.2) is 0 Å². The molecule has 2 aliphatic rings. The van der Waals surface area contributed by atoms with E-state index in [0.29, 0.717) is 12.6 Å². The smallest absolute Gasteiger partial charge is 0.239 e. The first-order valence-electron chi connectivity index (χ1n) is 8.49. The van der Waals surface area contributed by atoms with Gasteiger partial charge in [0.25, 0.3) is 0 Å². The van der Waals surface area contributed by atoms with Gasteiger partial charge in [-0.3, -0.25) is 4.79 Å². The highest BCUT2D eigenvalue weighted by atomic mass is 16.2. The molecule has 1 aromatic rings. The van der Waals surface area contributed by atoms with Crippen LogP contribution in [0.1, 0.15) is 38.2 Å². The second-order valence-electron chi connectivity index (χ2n) is 7.00. The number of hydrogen-bond donors (Lipinski definition) is 2. The van der Waals surface area contributed by atoms with Gasteiger partial charge in [-0.1, -0.05) is 25.1 Å². The standard InChI is InChI=1S/C18H27N3O/c1-13-6-8-16(9-7-13)20-18(22)12-21-11-15(19)10-14-4-2-3-5-17(14)21/h2-5,13,15-16H,6-12,19H2,1H3,(H,20,22). The molecule has 0 aromatic heterocycles. The second-order valence-corrected chi connectivity index (χ2v) is 7.00. The molecule has 0 bridgehead atoms. The highest BCUT2D eigenvalue weighted by Gasteiger charge is 2.25. The van der Waals surface area contributed by atoms with Crippen LogP contribution in [0.5, 0.6) is 0 Å². The van der Waals surface area contributed by atoms with Gasteiger partial charge < -0.3 is 16.0 Å². The summed E-state index contributed by atoms with van der Waals surface area (Å²) < 4.78 is 0. The second kappa shape index (κ2) is 6.69. The summed E-state index contributed by atoms with van der Waals surface area (Å²) in [6.07, 6.45) is 5.57. The lowest BCUT2D eigenvalue weighted by molar-refractivity contribution is -0.120. The van der Waals surface area contributed by atoms with Gasteiger partial charge in [0.1, 0.15) is 0 Å². The lowest BCUT2D eigenvalue weighted by Crippen LogP contribution is -2.49. The molecule has 4 nitrogen and oxygen atoms in total. The van der Waals surface area contributed by atoms with E-state index in [9.17, 15) is 4.79 Å². The molecule has 1 fully saturated rings. The SMILES string of the molecule is CC1CCC(NC(=O)CN2CC(N)Cc3ccccc32)CC1. The molecule has 0 saturated heterocycles. The Balaban J connectivity index is 1.59. The van der Waals surface area contributed by atoms with E-state index in [1.165, 1.54) is 18.4 Å². The van der Waals surface area contributed by atoms with Crippen LogP contribution in [0.25, 0.3) is 0 Å². The van der Waals surface area contributed by atoms with Gasteiger partial charge in [-0.05, 0) is 49.7 Å². The van der Waals surface area contributed by atoms with Gasteiger partial charge in [0, 0.05) is 24.3 Å². The number of benzene rings is 1. The molecule has 3 N–H and O–H groups in total. The number of nitrogens with one attached hydrogen (secondary N) is 1. The third-order valence-electron chi connectivity index (χ3n) is 4.98. The molecular weight excluding hydrogens is 274 g/mol. The Bertz CT molecular complexity index is 523. The molecule has 120 valence electrons. The summed E-state index contributed by atoms with van der Waals surface area (Å²) in [4.78, 5) is 14.5. The average Bonchev–Trinajstić information content (AvgIpc) is 2.49. The van der Waals surface area contributed by atoms with E-state index in [0.717, 1.165) is 37.4 Å². The maximum Gasteiger partial charge on any atom is 0.239 e. The molecule has 3 rings (SSSR count). The van der Waals surface area contributed by atoms with E-state index >= 15 is 0 Å². The Labute approximate surface area is 133 Å². The predicted molar refractivity (Wildman–Crippen MR) is 89.9 cm³/mol. The van der Waals surface area contributed by atoms with E-state index in [1.807, 2.05) is 12.1 Å². The number of carbonyl (C=O) groups is 1. The third kappa shape index (κ3) is 3.61. The number of hydrogen-bond acceptors (Lipinski definition) is 3. The summed E-state index contributed by atoms with van der Waals surface area (Å²) in [6.45, 7) is 3.47. The van der Waals surface area contributed by atoms with Gasteiger partial charge in [0.15, 0.2) is 0 Å². The molecule has 1 aromatic carbocycles. The zero-order valence-electron chi connectivity index (χ0n) is 13.4. The zero-order valence-corrected chi connectivity index (χ0v) is 13.4. The topological polar surface area (TPSA) is 58.4 Å². The molecule has 1 unspecified atom stereocenters. The summed E-state index contributed by atoms with van der Waals surface area (Å²) in [5.74, 6) is 0.934. The molecule has 1 atom stereocenters. The fourth-order valence-corrected chi connectivity index (χ4v) is 3.72. The Kier molecular flexibility index (Phi) is 4.67. The summed E-state index contributed by atoms with van der Waals surface area (Å²) in [5.41, 5.74) is 8.56. The van der Waals surface area contributed by atoms with Crippen molar-refractivity contribution in [1.82, 2.24) is 5.32 Å². The van der Waals surface area contributed by atoms with E-state index in [4.69, 9.17) is 5.73 Å². The zero-order chi connectivity index (χ0) is 15.5. The van der Waals surface area contributed by atoms with Gasteiger partial charge in [0.05, 0.1) is 6.54 Å². The number of amides is 1. The third-order valence-corrected chi connectivity index (χ3v) is 4.98. The van der Waals surface area contributed by atoms with Crippen LogP contribution in [-0.2, 0) is 11.2 Å². The number of anilines is 1. The Morgan fingerprint density at radius 3 is 2.77 bits per heavy atom. The lowest BCUT2D eigenvalue weighted by atomic mass is 9.87. The van der Waals surface area contributed by atoms with Crippen LogP contribution in [0.15, 0.2) is 24.3 Å². The summed E-state index contributed by atoms with van der Waals surface area (Å²) in [5, 5.41) is 3.21. The molecule has 1 aliphatic carbocycles. The van der Waals surface area contributed by atoms with Crippen molar-refractivity contribution in [1.29, 1.82) is 0 Å². The number of nitrogens with two attached hydrogens (primary N) is 1. The number of fused-ring (bicyclic) bond motifs is 1. The first kappa shape index (κ1) is 15.3. The Hall–Kier alpha value is -1.55. The maximum absolute atomic E-state index is 12.4. The largest absolute Gasteiger partial charge is 0.360 e. The van der Waals surface area contributed by atoms with E-state index < -0.39 is 0 Å². The van der Waals surface area contributed by atoms with Gasteiger partial charge in [0.2, 0.25) is 5.91 Å². The maximum atomic E-state index is 12.4. The molecule has 0 spiro atoms. The van der Waals surface area contributed by atoms with Crippen molar-refractivity contribution in [3.8, 4) is 0 Å². The van der Waals surface area contributed by atoms with Crippen LogP contribution < -0.4 is 16.0 Å². The fourth-order valence-electron chi connectivity index (χ4n) is 3.72. The van der Waals surface area contributed by atoms with Crippen LogP contribution in [0.4, 0.5) is 5.69 Å². The minimum absolute atomic E-state index is 0.109. The van der Waals surface area contributed by atoms with Crippen molar-refractivity contribution in [2.45, 2.75) is 51.1 Å². The minimum atomic E-state index is 0.109. The van der Waals surface area contributed by atoms with Crippen LogP contribution >= 0.6 is 0 Å². The molecule has 1 saturated carbocycles. The van der Waals surface area contributed by atoms with Crippen LogP contribution in [0.3, 0.4) is 0 Å². The Morgan fingerprint density at radius 2 is 2.00 bits per heavy atom. The fraction of sp³-hybridized carbons (Fsp3) is 0.611. The first-order valence-corrected chi connectivity index (χ1v) is 8.49. The number of nitrogens with zero attached hydrogens (tertiary/aromatic N) is 1. The number of carbonyl (C=O) groups excluding carboxylic acids is 1. The Morgan fingerprint density at radius 1 is 1.27 bits per heavy atom. The van der Waals surface area contributed by atoms with Crippen molar-refractivity contribution in [2.75, 3.05) is 18.0 Å². The minimum Gasteiger partial charge on any atom is -0.360 e. The van der Waals surface area contributed by atoms with Crippen molar-refractivity contribution in [2.24, 2.45) is 11.7 Å². The normalized spacial score (nSPS) is 28.1. The summed E-state index contributed by atoms with van der Waals surface area (Å²) in [6, 6.07) is 8.75. The van der Waals surface area contributed by atoms with Crippen molar-refractivity contribution in [3.05, 3.63) is 29.8 Å². The van der Waals surface area contributed by atoms with E-state index in [2.05, 4.69) is 29.3 Å². The van der Waals surface area contributed by atoms with Gasteiger partial charge in [-0.15, -0.1) is 0 Å². The van der Waals surface area contributed by atoms with Crippen molar-refractivity contribution < 1.29 is 4.79 Å². The molecule has 1 amide bonds. The number of rotatable bonds is 3. The van der Waals surface area contributed by atoms with E-state index in [-0.39, 0.29) is 11.9 Å². The molecule has 1 heterocycles. The molecule has 4 heteroatoms. The number of para-hydroxylation sites is 1. The van der Waals surface area contributed by atoms with E-state index in [1.54, 1.807) is 0 Å².